The van der Waals surface area contributed by atoms with Crippen molar-refractivity contribution in [3.05, 3.63) is 29.8 Å². The lowest BCUT2D eigenvalue weighted by molar-refractivity contribution is 0.274. The van der Waals surface area contributed by atoms with Crippen molar-refractivity contribution in [2.24, 2.45) is 5.92 Å². The average molecular weight is 178 g/mol. The van der Waals surface area contributed by atoms with Crippen molar-refractivity contribution in [1.29, 1.82) is 0 Å². The first-order valence-electron chi connectivity index (χ1n) is 4.60. The van der Waals surface area contributed by atoms with Crippen molar-refractivity contribution in [3.63, 3.8) is 0 Å². The van der Waals surface area contributed by atoms with E-state index < -0.39 is 0 Å². The second kappa shape index (κ2) is 3.38. The zero-order chi connectivity index (χ0) is 9.26. The first-order chi connectivity index (χ1) is 6.35. The van der Waals surface area contributed by atoms with Crippen LogP contribution in [0.2, 0.25) is 0 Å². The van der Waals surface area contributed by atoms with Crippen molar-refractivity contribution in [2.45, 2.75) is 12.3 Å². The van der Waals surface area contributed by atoms with Crippen LogP contribution in [0.25, 0.3) is 0 Å². The summed E-state index contributed by atoms with van der Waals surface area (Å²) in [4.78, 5) is 0. The van der Waals surface area contributed by atoms with E-state index in [1.807, 2.05) is 12.1 Å². The molecule has 1 aliphatic carbocycles. The maximum Gasteiger partial charge on any atom is 0.119 e. The molecule has 0 aliphatic heterocycles. The molecule has 0 spiro atoms. The predicted octanol–water partition coefficient (Wildman–Crippen LogP) is 1.79. The summed E-state index contributed by atoms with van der Waals surface area (Å²) in [5.74, 6) is 1.94. The van der Waals surface area contributed by atoms with Gasteiger partial charge >= 0.3 is 0 Å². The van der Waals surface area contributed by atoms with E-state index in [9.17, 15) is 0 Å². The minimum absolute atomic E-state index is 0.307. The van der Waals surface area contributed by atoms with Crippen LogP contribution in [-0.4, -0.2) is 18.8 Å². The number of benzene rings is 1. The van der Waals surface area contributed by atoms with Gasteiger partial charge in [0.2, 0.25) is 0 Å². The van der Waals surface area contributed by atoms with Crippen LogP contribution in [0.1, 0.15) is 17.9 Å². The van der Waals surface area contributed by atoms with Gasteiger partial charge in [0.15, 0.2) is 0 Å². The largest absolute Gasteiger partial charge is 0.497 e. The molecule has 0 aromatic heterocycles. The van der Waals surface area contributed by atoms with E-state index >= 15 is 0 Å². The summed E-state index contributed by atoms with van der Waals surface area (Å²) in [5.41, 5.74) is 1.29. The molecule has 1 aromatic rings. The fraction of sp³-hybridized carbons (Fsp3) is 0.455. The van der Waals surface area contributed by atoms with Gasteiger partial charge in [0.25, 0.3) is 0 Å². The van der Waals surface area contributed by atoms with Crippen molar-refractivity contribution in [1.82, 2.24) is 0 Å². The molecule has 0 bridgehead atoms. The number of rotatable bonds is 3. The Hall–Kier alpha value is -1.02. The number of hydrogen-bond acceptors (Lipinski definition) is 2. The second-order valence-electron chi connectivity index (χ2n) is 3.56. The molecule has 70 valence electrons. The van der Waals surface area contributed by atoms with Crippen LogP contribution < -0.4 is 4.74 Å². The van der Waals surface area contributed by atoms with Crippen LogP contribution >= 0.6 is 0 Å². The Morgan fingerprint density at radius 1 is 1.54 bits per heavy atom. The molecule has 2 atom stereocenters. The van der Waals surface area contributed by atoms with E-state index in [-0.39, 0.29) is 0 Å². The summed E-state index contributed by atoms with van der Waals surface area (Å²) in [6.07, 6.45) is 1.11. The molecule has 1 aliphatic rings. The van der Waals surface area contributed by atoms with E-state index in [0.29, 0.717) is 18.4 Å². The smallest absolute Gasteiger partial charge is 0.119 e. The molecule has 2 nitrogen and oxygen atoms in total. The van der Waals surface area contributed by atoms with Gasteiger partial charge in [-0.25, -0.2) is 0 Å². The summed E-state index contributed by atoms with van der Waals surface area (Å²) in [6, 6.07) is 8.10. The van der Waals surface area contributed by atoms with Crippen LogP contribution in [-0.2, 0) is 0 Å². The van der Waals surface area contributed by atoms with Gasteiger partial charge in [-0.3, -0.25) is 0 Å². The zero-order valence-electron chi connectivity index (χ0n) is 7.73. The first kappa shape index (κ1) is 8.57. The van der Waals surface area contributed by atoms with Gasteiger partial charge in [-0.15, -0.1) is 0 Å². The molecule has 1 N–H and O–H groups in total. The zero-order valence-corrected chi connectivity index (χ0v) is 7.73. The molecule has 13 heavy (non-hydrogen) atoms. The predicted molar refractivity (Wildman–Crippen MR) is 50.9 cm³/mol. The Kier molecular flexibility index (Phi) is 2.23. The third-order valence-electron chi connectivity index (χ3n) is 2.68. The van der Waals surface area contributed by atoms with Gasteiger partial charge in [0.1, 0.15) is 5.75 Å². The van der Waals surface area contributed by atoms with E-state index in [1.165, 1.54) is 5.56 Å². The molecule has 0 heterocycles. The van der Waals surface area contributed by atoms with Crippen molar-refractivity contribution in [3.8, 4) is 5.75 Å². The van der Waals surface area contributed by atoms with Crippen LogP contribution in [0.15, 0.2) is 24.3 Å². The van der Waals surface area contributed by atoms with Gasteiger partial charge < -0.3 is 9.84 Å². The minimum atomic E-state index is 0.307. The molecule has 1 aromatic carbocycles. The number of ether oxygens (including phenoxy) is 1. The lowest BCUT2D eigenvalue weighted by Gasteiger charge is -2.02. The number of aliphatic hydroxyl groups excluding tert-OH is 1. The highest BCUT2D eigenvalue weighted by atomic mass is 16.5. The Bertz CT molecular complexity index is 296. The molecule has 0 amide bonds. The lowest BCUT2D eigenvalue weighted by atomic mass is 10.1. The molecule has 1 fully saturated rings. The molecular weight excluding hydrogens is 164 g/mol. The summed E-state index contributed by atoms with van der Waals surface area (Å²) >= 11 is 0. The molecule has 2 rings (SSSR count). The average Bonchev–Trinajstić information content (AvgIpc) is 2.97. The van der Waals surface area contributed by atoms with Gasteiger partial charge in [-0.2, -0.15) is 0 Å². The molecule has 0 radical (unpaired) electrons. The fourth-order valence-electron chi connectivity index (χ4n) is 1.73. The lowest BCUT2D eigenvalue weighted by Crippen LogP contribution is -1.89. The van der Waals surface area contributed by atoms with Crippen LogP contribution in [0.3, 0.4) is 0 Å². The molecule has 1 saturated carbocycles. The van der Waals surface area contributed by atoms with E-state index in [4.69, 9.17) is 9.84 Å². The number of methoxy groups -OCH3 is 1. The molecule has 0 unspecified atom stereocenters. The summed E-state index contributed by atoms with van der Waals surface area (Å²) in [5, 5.41) is 8.93. The Labute approximate surface area is 78.2 Å². The first-order valence-corrected chi connectivity index (χ1v) is 4.60. The summed E-state index contributed by atoms with van der Waals surface area (Å²) < 4.78 is 5.14. The second-order valence-corrected chi connectivity index (χ2v) is 3.56. The van der Waals surface area contributed by atoms with Crippen molar-refractivity contribution < 1.29 is 9.84 Å². The van der Waals surface area contributed by atoms with Gasteiger partial charge in [0.05, 0.1) is 7.11 Å². The van der Waals surface area contributed by atoms with Crippen LogP contribution in [0, 0.1) is 5.92 Å². The maximum absolute atomic E-state index is 8.93. The highest BCUT2D eigenvalue weighted by Gasteiger charge is 2.37. The monoisotopic (exact) mass is 178 g/mol. The third kappa shape index (κ3) is 1.68. The topological polar surface area (TPSA) is 29.5 Å². The normalized spacial score (nSPS) is 25.7. The molecule has 0 saturated heterocycles. The van der Waals surface area contributed by atoms with E-state index in [0.717, 1.165) is 12.2 Å². The van der Waals surface area contributed by atoms with Crippen LogP contribution in [0.5, 0.6) is 5.75 Å². The number of hydrogen-bond donors (Lipinski definition) is 1. The van der Waals surface area contributed by atoms with Crippen LogP contribution in [0.4, 0.5) is 0 Å². The molecular formula is C11H14O2. The van der Waals surface area contributed by atoms with Gasteiger partial charge in [0, 0.05) is 6.61 Å². The van der Waals surface area contributed by atoms with Crippen molar-refractivity contribution in [2.75, 3.05) is 13.7 Å². The number of aliphatic hydroxyl groups is 1. The standard InChI is InChI=1S/C11H14O2/c1-13-10-4-2-3-8(5-10)11-6-9(11)7-12/h2-5,9,11-12H,6-7H2,1H3/t9-,11-/m1/s1. The van der Waals surface area contributed by atoms with E-state index in [1.54, 1.807) is 7.11 Å². The Balaban J connectivity index is 2.13. The van der Waals surface area contributed by atoms with Gasteiger partial charge in [-0.1, -0.05) is 12.1 Å². The minimum Gasteiger partial charge on any atom is -0.497 e. The Morgan fingerprint density at radius 2 is 2.38 bits per heavy atom. The maximum atomic E-state index is 8.93. The summed E-state index contributed by atoms with van der Waals surface area (Å²) in [6.45, 7) is 0.307. The van der Waals surface area contributed by atoms with Gasteiger partial charge in [-0.05, 0) is 36.0 Å². The van der Waals surface area contributed by atoms with Crippen molar-refractivity contribution >= 4 is 0 Å². The summed E-state index contributed by atoms with van der Waals surface area (Å²) in [7, 11) is 1.68. The highest BCUT2D eigenvalue weighted by molar-refractivity contribution is 5.33. The van der Waals surface area contributed by atoms with E-state index in [2.05, 4.69) is 12.1 Å². The quantitative estimate of drug-likeness (QED) is 0.764. The SMILES string of the molecule is COc1cccc([C@H]2C[C@@H]2CO)c1. The highest BCUT2D eigenvalue weighted by Crippen LogP contribution is 2.47. The fourth-order valence-corrected chi connectivity index (χ4v) is 1.73. The Morgan fingerprint density at radius 3 is 3.00 bits per heavy atom. The molecule has 2 heteroatoms. The third-order valence-corrected chi connectivity index (χ3v) is 2.68.